The van der Waals surface area contributed by atoms with Crippen LogP contribution in [0.2, 0.25) is 0 Å². The van der Waals surface area contributed by atoms with E-state index in [0.29, 0.717) is 13.0 Å². The number of likely N-dealkylation sites (tertiary alicyclic amines) is 1. The van der Waals surface area contributed by atoms with Gasteiger partial charge >= 0.3 is 57.4 Å². The standard InChI is InChI=1S/C7H12N2O3.K/c1-8-7(12)9-4-2-3-5(9)6(10)11;/h5H,2-4H2,1H3,(H,8,12)(H,10,11);/q;+1/p-1/t5-;/m0./s1. The number of carboxylic acid groups (broad SMARTS) is 1. The molecular weight excluding hydrogens is 199 g/mol. The number of amides is 2. The van der Waals surface area contributed by atoms with Gasteiger partial charge in [0.05, 0.1) is 12.0 Å². The van der Waals surface area contributed by atoms with Crippen LogP contribution >= 0.6 is 0 Å². The zero-order valence-electron chi connectivity index (χ0n) is 7.87. The molecule has 1 aliphatic heterocycles. The monoisotopic (exact) mass is 210 g/mol. The summed E-state index contributed by atoms with van der Waals surface area (Å²) in [6.07, 6.45) is 1.22. The van der Waals surface area contributed by atoms with Crippen molar-refractivity contribution in [2.75, 3.05) is 13.6 Å². The summed E-state index contributed by atoms with van der Waals surface area (Å²) in [6, 6.07) is -1.09. The van der Waals surface area contributed by atoms with Crippen LogP contribution in [0.15, 0.2) is 0 Å². The van der Waals surface area contributed by atoms with Crippen molar-refractivity contribution in [2.45, 2.75) is 18.9 Å². The fourth-order valence-electron chi connectivity index (χ4n) is 1.40. The molecule has 0 spiro atoms. The van der Waals surface area contributed by atoms with Gasteiger partial charge in [0, 0.05) is 13.6 Å². The Morgan fingerprint density at radius 3 is 2.62 bits per heavy atom. The molecular formula is C7H11KN2O3. The molecule has 0 saturated carbocycles. The van der Waals surface area contributed by atoms with Crippen molar-refractivity contribution < 1.29 is 66.1 Å². The summed E-state index contributed by atoms with van der Waals surface area (Å²) in [4.78, 5) is 22.8. The molecule has 0 aliphatic carbocycles. The van der Waals surface area contributed by atoms with Crippen LogP contribution < -0.4 is 61.8 Å². The van der Waals surface area contributed by atoms with Gasteiger partial charge in [-0.1, -0.05) is 0 Å². The molecule has 0 aromatic rings. The summed E-state index contributed by atoms with van der Waals surface area (Å²) >= 11 is 0. The molecule has 1 atom stereocenters. The first-order chi connectivity index (χ1) is 5.66. The smallest absolute Gasteiger partial charge is 0.548 e. The molecule has 2 amide bonds. The molecule has 1 N–H and O–H groups in total. The molecule has 0 unspecified atom stereocenters. The Morgan fingerprint density at radius 2 is 2.15 bits per heavy atom. The van der Waals surface area contributed by atoms with Gasteiger partial charge in [0.25, 0.3) is 0 Å². The normalized spacial score (nSPS) is 20.7. The molecule has 13 heavy (non-hydrogen) atoms. The average molecular weight is 210 g/mol. The Hall–Kier alpha value is 0.376. The summed E-state index contributed by atoms with van der Waals surface area (Å²) in [5, 5.41) is 12.9. The average Bonchev–Trinajstić information content (AvgIpc) is 2.50. The first-order valence-electron chi connectivity index (χ1n) is 3.86. The second-order valence-electron chi connectivity index (χ2n) is 2.73. The van der Waals surface area contributed by atoms with E-state index >= 15 is 0 Å². The van der Waals surface area contributed by atoms with E-state index in [1.165, 1.54) is 11.9 Å². The van der Waals surface area contributed by atoms with E-state index in [1.807, 2.05) is 0 Å². The third kappa shape index (κ3) is 3.21. The van der Waals surface area contributed by atoms with Gasteiger partial charge in [0.1, 0.15) is 0 Å². The molecule has 0 aromatic carbocycles. The number of hydrogen-bond donors (Lipinski definition) is 1. The van der Waals surface area contributed by atoms with Crippen molar-refractivity contribution in [1.29, 1.82) is 0 Å². The maximum Gasteiger partial charge on any atom is 1.00 e. The minimum absolute atomic E-state index is 0. The Morgan fingerprint density at radius 1 is 1.54 bits per heavy atom. The van der Waals surface area contributed by atoms with Crippen LogP contribution in [0.1, 0.15) is 12.8 Å². The van der Waals surface area contributed by atoms with Gasteiger partial charge in [-0.15, -0.1) is 0 Å². The summed E-state index contributed by atoms with van der Waals surface area (Å²) in [5.41, 5.74) is 0. The molecule has 68 valence electrons. The van der Waals surface area contributed by atoms with Crippen LogP contribution in [-0.4, -0.2) is 36.5 Å². The molecule has 6 heteroatoms. The van der Waals surface area contributed by atoms with Gasteiger partial charge in [-0.2, -0.15) is 0 Å². The number of carbonyl (C=O) groups excluding carboxylic acids is 2. The summed E-state index contributed by atoms with van der Waals surface area (Å²) in [7, 11) is 1.48. The van der Waals surface area contributed by atoms with E-state index in [4.69, 9.17) is 0 Å². The predicted molar refractivity (Wildman–Crippen MR) is 39.2 cm³/mol. The van der Waals surface area contributed by atoms with Crippen LogP contribution in [0, 0.1) is 0 Å². The Bertz CT molecular complexity index is 210. The minimum Gasteiger partial charge on any atom is -0.548 e. The van der Waals surface area contributed by atoms with Crippen LogP contribution in [0.3, 0.4) is 0 Å². The largest absolute Gasteiger partial charge is 1.00 e. The second-order valence-corrected chi connectivity index (χ2v) is 2.73. The van der Waals surface area contributed by atoms with Gasteiger partial charge in [-0.3, -0.25) is 0 Å². The molecule has 0 aromatic heterocycles. The zero-order chi connectivity index (χ0) is 9.14. The summed E-state index contributed by atoms with van der Waals surface area (Å²) in [6.45, 7) is 0.498. The quantitative estimate of drug-likeness (QED) is 0.444. The number of carbonyl (C=O) groups is 2. The van der Waals surface area contributed by atoms with Gasteiger partial charge in [-0.05, 0) is 12.8 Å². The van der Waals surface area contributed by atoms with Gasteiger partial charge in [0.2, 0.25) is 0 Å². The number of rotatable bonds is 1. The number of aliphatic carboxylic acids is 1. The fourth-order valence-corrected chi connectivity index (χ4v) is 1.40. The van der Waals surface area contributed by atoms with Crippen LogP contribution in [-0.2, 0) is 4.79 Å². The molecule has 1 fully saturated rings. The van der Waals surface area contributed by atoms with E-state index in [1.54, 1.807) is 0 Å². The first kappa shape index (κ1) is 13.4. The Kier molecular flexibility index (Phi) is 6.15. The van der Waals surface area contributed by atoms with Crippen LogP contribution in [0.25, 0.3) is 0 Å². The van der Waals surface area contributed by atoms with Gasteiger partial charge in [-0.25, -0.2) is 4.79 Å². The maximum absolute atomic E-state index is 11.1. The van der Waals surface area contributed by atoms with Crippen LogP contribution in [0.5, 0.6) is 0 Å². The SMILES string of the molecule is CNC(=O)N1CCC[C@H]1C(=O)[O-].[K+]. The van der Waals surface area contributed by atoms with Crippen molar-refractivity contribution >= 4 is 12.0 Å². The molecule has 0 radical (unpaired) electrons. The summed E-state index contributed by atoms with van der Waals surface area (Å²) < 4.78 is 0. The van der Waals surface area contributed by atoms with E-state index in [9.17, 15) is 14.7 Å². The Labute approximate surface area is 119 Å². The number of urea groups is 1. The number of nitrogens with one attached hydrogen (secondary N) is 1. The van der Waals surface area contributed by atoms with Gasteiger partial charge < -0.3 is 20.1 Å². The number of nitrogens with zero attached hydrogens (tertiary/aromatic N) is 1. The second kappa shape index (κ2) is 5.97. The molecule has 1 aliphatic rings. The maximum atomic E-state index is 11.1. The molecule has 1 saturated heterocycles. The predicted octanol–water partition coefficient (Wildman–Crippen LogP) is -4.46. The molecule has 1 heterocycles. The van der Waals surface area contributed by atoms with E-state index < -0.39 is 12.0 Å². The zero-order valence-corrected chi connectivity index (χ0v) is 11.0. The fraction of sp³-hybridized carbons (Fsp3) is 0.714. The Balaban J connectivity index is 0.00000144. The van der Waals surface area contributed by atoms with E-state index in [-0.39, 0.29) is 57.4 Å². The summed E-state index contributed by atoms with van der Waals surface area (Å²) in [5.74, 6) is -1.17. The molecule has 0 bridgehead atoms. The van der Waals surface area contributed by atoms with Crippen molar-refractivity contribution in [1.82, 2.24) is 10.2 Å². The topological polar surface area (TPSA) is 72.5 Å². The van der Waals surface area contributed by atoms with Crippen molar-refractivity contribution in [2.24, 2.45) is 0 Å². The van der Waals surface area contributed by atoms with Crippen molar-refractivity contribution in [3.05, 3.63) is 0 Å². The van der Waals surface area contributed by atoms with E-state index in [0.717, 1.165) is 6.42 Å². The number of hydrogen-bond acceptors (Lipinski definition) is 3. The van der Waals surface area contributed by atoms with Crippen molar-refractivity contribution in [3.8, 4) is 0 Å². The van der Waals surface area contributed by atoms with Gasteiger partial charge in [0.15, 0.2) is 0 Å². The number of carboxylic acids is 1. The third-order valence-electron chi connectivity index (χ3n) is 2.00. The first-order valence-corrected chi connectivity index (χ1v) is 3.86. The molecule has 5 nitrogen and oxygen atoms in total. The minimum atomic E-state index is -1.17. The third-order valence-corrected chi connectivity index (χ3v) is 2.00. The van der Waals surface area contributed by atoms with Crippen molar-refractivity contribution in [3.63, 3.8) is 0 Å². The van der Waals surface area contributed by atoms with E-state index in [2.05, 4.69) is 5.32 Å². The molecule has 1 rings (SSSR count). The van der Waals surface area contributed by atoms with Crippen LogP contribution in [0.4, 0.5) is 4.79 Å².